The number of primary amides is 1. The number of thioether (sulfide) groups is 1. The van der Waals surface area contributed by atoms with Crippen LogP contribution in [0.2, 0.25) is 0 Å². The lowest BCUT2D eigenvalue weighted by molar-refractivity contribution is -0.173. The van der Waals surface area contributed by atoms with Crippen molar-refractivity contribution in [1.82, 2.24) is 15.2 Å². The SMILES string of the molecule is CO/N=C(\C(=O)NC1C(=O)N2C(C(=O)OCOC(=O)C(C)(C)C)=C(COC(N)=O)CS[C@@H]12)c1csc(N)n1. The van der Waals surface area contributed by atoms with Crippen molar-refractivity contribution in [3.8, 4) is 0 Å². The largest absolute Gasteiger partial charge is 0.445 e. The lowest BCUT2D eigenvalue weighted by atomic mass is 9.98. The Bertz CT molecular complexity index is 1210. The molecule has 1 aromatic heterocycles. The van der Waals surface area contributed by atoms with E-state index in [-0.39, 0.29) is 40.2 Å². The molecule has 3 rings (SSSR count). The first-order valence-electron chi connectivity index (χ1n) is 10.9. The van der Waals surface area contributed by atoms with Gasteiger partial charge >= 0.3 is 18.0 Å². The highest BCUT2D eigenvalue weighted by Crippen LogP contribution is 2.40. The molecule has 3 heterocycles. The number of nitrogens with two attached hydrogens (primary N) is 2. The van der Waals surface area contributed by atoms with Crippen molar-refractivity contribution >= 4 is 63.8 Å². The lowest BCUT2D eigenvalue weighted by Gasteiger charge is -2.49. The third kappa shape index (κ3) is 6.34. The van der Waals surface area contributed by atoms with Gasteiger partial charge in [0.1, 0.15) is 36.5 Å². The number of oxime groups is 1. The fraction of sp³-hybridized carbons (Fsp3) is 0.476. The number of carbonyl (C=O) groups excluding carboxylic acids is 5. The van der Waals surface area contributed by atoms with Crippen LogP contribution in [0.25, 0.3) is 0 Å². The first kappa shape index (κ1) is 28.7. The molecule has 2 atom stereocenters. The fourth-order valence-electron chi connectivity index (χ4n) is 3.26. The van der Waals surface area contributed by atoms with Crippen molar-refractivity contribution in [3.63, 3.8) is 0 Å². The second-order valence-corrected chi connectivity index (χ2v) is 10.8. The normalized spacial score (nSPS) is 19.2. The predicted octanol–water partition coefficient (Wildman–Crippen LogP) is -0.0849. The van der Waals surface area contributed by atoms with E-state index >= 15 is 0 Å². The molecule has 3 amide bonds. The minimum absolute atomic E-state index is 0.141. The van der Waals surface area contributed by atoms with Gasteiger partial charge in [-0.3, -0.25) is 19.3 Å². The van der Waals surface area contributed by atoms with Gasteiger partial charge in [-0.15, -0.1) is 23.1 Å². The van der Waals surface area contributed by atoms with E-state index in [0.29, 0.717) is 0 Å². The lowest BCUT2D eigenvalue weighted by Crippen LogP contribution is -2.71. The zero-order chi connectivity index (χ0) is 28.2. The molecule has 0 aliphatic carbocycles. The van der Waals surface area contributed by atoms with E-state index in [9.17, 15) is 24.0 Å². The van der Waals surface area contributed by atoms with E-state index in [2.05, 4.69) is 15.5 Å². The number of hydrogen-bond donors (Lipinski definition) is 3. The average molecular weight is 571 g/mol. The zero-order valence-corrected chi connectivity index (χ0v) is 22.5. The summed E-state index contributed by atoms with van der Waals surface area (Å²) >= 11 is 2.30. The molecule has 0 saturated carbocycles. The van der Waals surface area contributed by atoms with Crippen LogP contribution in [0.3, 0.4) is 0 Å². The number of fused-ring (bicyclic) bond motifs is 1. The van der Waals surface area contributed by atoms with Crippen LogP contribution in [0.1, 0.15) is 26.5 Å². The topological polar surface area (TPSA) is 215 Å². The first-order valence-corrected chi connectivity index (χ1v) is 12.8. The summed E-state index contributed by atoms with van der Waals surface area (Å²) in [5.41, 5.74) is 9.86. The quantitative estimate of drug-likeness (QED) is 0.117. The second-order valence-electron chi connectivity index (χ2n) is 8.85. The molecule has 1 fully saturated rings. The maximum absolute atomic E-state index is 13.1. The van der Waals surface area contributed by atoms with E-state index in [1.165, 1.54) is 24.3 Å². The highest BCUT2D eigenvalue weighted by Gasteiger charge is 2.55. The number of anilines is 1. The minimum Gasteiger partial charge on any atom is -0.445 e. The molecule has 5 N–H and O–H groups in total. The zero-order valence-electron chi connectivity index (χ0n) is 20.8. The number of rotatable bonds is 9. The Kier molecular flexibility index (Phi) is 8.82. The standard InChI is InChI=1S/C21H26N6O9S2/c1-21(2,3)18(31)36-8-35-17(30)13-9(5-34-20(23)32)6-37-16-12(15(29)27(13)16)25-14(28)11(26-33-4)10-7-38-19(22)24-10/h7,12,16H,5-6,8H2,1-4H3,(H2,22,24)(H2,23,32)(H,25,28)/b26-11-/t12?,16-/m0/s1. The molecule has 17 heteroatoms. The van der Waals surface area contributed by atoms with Crippen LogP contribution in [0.15, 0.2) is 21.8 Å². The van der Waals surface area contributed by atoms with Crippen molar-refractivity contribution in [1.29, 1.82) is 0 Å². The Hall–Kier alpha value is -3.86. The number of amides is 3. The van der Waals surface area contributed by atoms with E-state index in [1.807, 2.05) is 0 Å². The number of aromatic nitrogens is 1. The number of nitrogens with one attached hydrogen (secondary N) is 1. The van der Waals surface area contributed by atoms with Gasteiger partial charge in [0.2, 0.25) is 6.79 Å². The molecular formula is C21H26N6O9S2. The van der Waals surface area contributed by atoms with Crippen molar-refractivity contribution in [2.24, 2.45) is 16.3 Å². The van der Waals surface area contributed by atoms with Crippen molar-refractivity contribution in [3.05, 3.63) is 22.3 Å². The molecule has 206 valence electrons. The van der Waals surface area contributed by atoms with Crippen LogP contribution in [0.5, 0.6) is 0 Å². The number of ether oxygens (including phenoxy) is 3. The Morgan fingerprint density at radius 2 is 1.95 bits per heavy atom. The fourth-order valence-corrected chi connectivity index (χ4v) is 5.14. The van der Waals surface area contributed by atoms with Crippen LogP contribution in [-0.2, 0) is 38.2 Å². The number of nitrogen functional groups attached to an aromatic ring is 1. The Morgan fingerprint density at radius 3 is 2.53 bits per heavy atom. The van der Waals surface area contributed by atoms with Gasteiger partial charge in [0.05, 0.1) is 5.41 Å². The number of hydrogen-bond acceptors (Lipinski definition) is 14. The maximum atomic E-state index is 13.1. The van der Waals surface area contributed by atoms with Crippen LogP contribution >= 0.6 is 23.1 Å². The molecule has 0 aromatic carbocycles. The van der Waals surface area contributed by atoms with E-state index < -0.39 is 53.5 Å². The van der Waals surface area contributed by atoms with Gasteiger partial charge in [-0.25, -0.2) is 14.6 Å². The monoisotopic (exact) mass is 570 g/mol. The molecule has 2 aliphatic rings. The Morgan fingerprint density at radius 1 is 1.24 bits per heavy atom. The number of nitrogens with zero attached hydrogens (tertiary/aromatic N) is 3. The van der Waals surface area contributed by atoms with Crippen LogP contribution in [0.4, 0.5) is 9.93 Å². The van der Waals surface area contributed by atoms with Crippen molar-refractivity contribution < 1.29 is 43.0 Å². The summed E-state index contributed by atoms with van der Waals surface area (Å²) in [5.74, 6) is -2.84. The van der Waals surface area contributed by atoms with Gasteiger partial charge < -0.3 is 35.8 Å². The summed E-state index contributed by atoms with van der Waals surface area (Å²) in [5, 5.41) is 7.27. The first-order chi connectivity index (χ1) is 17.8. The van der Waals surface area contributed by atoms with E-state index in [0.717, 1.165) is 16.2 Å². The smallest absolute Gasteiger partial charge is 0.404 e. The molecule has 1 aromatic rings. The maximum Gasteiger partial charge on any atom is 0.404 e. The van der Waals surface area contributed by atoms with E-state index in [1.54, 1.807) is 20.8 Å². The van der Waals surface area contributed by atoms with Gasteiger partial charge in [0.15, 0.2) is 10.8 Å². The number of carbonyl (C=O) groups is 5. The highest BCUT2D eigenvalue weighted by molar-refractivity contribution is 8.00. The summed E-state index contributed by atoms with van der Waals surface area (Å²) < 4.78 is 14.8. The molecular weight excluding hydrogens is 544 g/mol. The summed E-state index contributed by atoms with van der Waals surface area (Å²) in [6.45, 7) is 3.80. The second kappa shape index (κ2) is 11.7. The van der Waals surface area contributed by atoms with Gasteiger partial charge in [-0.2, -0.15) is 0 Å². The average Bonchev–Trinajstić information content (AvgIpc) is 3.28. The van der Waals surface area contributed by atoms with Gasteiger partial charge in [0.25, 0.3) is 11.8 Å². The Balaban J connectivity index is 1.77. The predicted molar refractivity (Wildman–Crippen MR) is 134 cm³/mol. The van der Waals surface area contributed by atoms with Gasteiger partial charge in [-0.1, -0.05) is 5.16 Å². The van der Waals surface area contributed by atoms with Gasteiger partial charge in [-0.05, 0) is 20.8 Å². The number of thiazole rings is 1. The summed E-state index contributed by atoms with van der Waals surface area (Å²) in [7, 11) is 1.24. The third-order valence-corrected chi connectivity index (χ3v) is 7.08. The van der Waals surface area contributed by atoms with Crippen LogP contribution in [0, 0.1) is 5.41 Å². The van der Waals surface area contributed by atoms with Crippen molar-refractivity contribution in [2.75, 3.05) is 32.0 Å². The third-order valence-electron chi connectivity index (χ3n) is 5.07. The van der Waals surface area contributed by atoms with Gasteiger partial charge in [0, 0.05) is 16.7 Å². The molecule has 0 radical (unpaired) electrons. The summed E-state index contributed by atoms with van der Waals surface area (Å²) in [4.78, 5) is 71.9. The molecule has 2 aliphatic heterocycles. The molecule has 1 saturated heterocycles. The summed E-state index contributed by atoms with van der Waals surface area (Å²) in [6, 6.07) is -1.04. The molecule has 0 spiro atoms. The number of esters is 2. The van der Waals surface area contributed by atoms with Crippen LogP contribution in [-0.4, -0.2) is 83.1 Å². The minimum atomic E-state index is -1.08. The molecule has 15 nitrogen and oxygen atoms in total. The summed E-state index contributed by atoms with van der Waals surface area (Å²) in [6.07, 6.45) is -1.08. The Labute approximate surface area is 224 Å². The molecule has 38 heavy (non-hydrogen) atoms. The highest BCUT2D eigenvalue weighted by atomic mass is 32.2. The van der Waals surface area contributed by atoms with Crippen LogP contribution < -0.4 is 16.8 Å². The van der Waals surface area contributed by atoms with E-state index in [4.69, 9.17) is 30.5 Å². The van der Waals surface area contributed by atoms with Crippen molar-refractivity contribution in [2.45, 2.75) is 32.2 Å². The molecule has 0 bridgehead atoms. The number of β-lactam (4-membered cyclic amide) rings is 1. The molecule has 1 unspecified atom stereocenters.